The summed E-state index contributed by atoms with van der Waals surface area (Å²) < 4.78 is 8.00. The number of aliphatic hydroxyl groups is 1. The Balaban J connectivity index is 2.48. The minimum atomic E-state index is -0.844. The molecule has 0 aliphatic carbocycles. The van der Waals surface area contributed by atoms with Gasteiger partial charge in [-0.2, -0.15) is 0 Å². The Morgan fingerprint density at radius 2 is 2.11 bits per heavy atom. The Labute approximate surface area is 121 Å². The van der Waals surface area contributed by atoms with Crippen molar-refractivity contribution in [3.8, 4) is 5.75 Å². The van der Waals surface area contributed by atoms with Gasteiger partial charge in [-0.25, -0.2) is 4.68 Å². The van der Waals surface area contributed by atoms with Crippen LogP contribution in [0.3, 0.4) is 0 Å². The summed E-state index contributed by atoms with van der Waals surface area (Å²) in [4.78, 5) is 0. The molecule has 96 valence electrons. The Morgan fingerprint density at radius 3 is 2.67 bits per heavy atom. The zero-order valence-corrected chi connectivity index (χ0v) is 12.9. The summed E-state index contributed by atoms with van der Waals surface area (Å²) in [6.07, 6.45) is -0.844. The van der Waals surface area contributed by atoms with E-state index in [0.717, 1.165) is 4.47 Å². The topological polar surface area (TPSA) is 60.2 Å². The predicted molar refractivity (Wildman–Crippen MR) is 73.5 cm³/mol. The van der Waals surface area contributed by atoms with Gasteiger partial charge in [-0.15, -0.1) is 5.10 Å². The van der Waals surface area contributed by atoms with Crippen LogP contribution in [0.5, 0.6) is 5.75 Å². The van der Waals surface area contributed by atoms with Crippen LogP contribution in [-0.2, 0) is 7.05 Å². The SMILES string of the molecule is COc1ccc(Br)c(C(O)c2c(Br)nnn2C)c1. The fourth-order valence-electron chi connectivity index (χ4n) is 1.63. The summed E-state index contributed by atoms with van der Waals surface area (Å²) in [5.74, 6) is 0.679. The number of ether oxygens (including phenoxy) is 1. The second kappa shape index (κ2) is 5.38. The van der Waals surface area contributed by atoms with Crippen molar-refractivity contribution in [3.05, 3.63) is 38.5 Å². The van der Waals surface area contributed by atoms with E-state index in [2.05, 4.69) is 42.2 Å². The number of hydrogen-bond donors (Lipinski definition) is 1. The second-order valence-electron chi connectivity index (χ2n) is 3.68. The van der Waals surface area contributed by atoms with E-state index < -0.39 is 6.10 Å². The molecule has 7 heteroatoms. The van der Waals surface area contributed by atoms with Gasteiger partial charge in [0.05, 0.1) is 7.11 Å². The lowest BCUT2D eigenvalue weighted by Gasteiger charge is -2.14. The van der Waals surface area contributed by atoms with Crippen molar-refractivity contribution in [3.63, 3.8) is 0 Å². The van der Waals surface area contributed by atoms with Crippen LogP contribution < -0.4 is 4.74 Å². The number of aromatic nitrogens is 3. The Hall–Kier alpha value is -0.920. The lowest BCUT2D eigenvalue weighted by molar-refractivity contribution is 0.207. The van der Waals surface area contributed by atoms with E-state index in [-0.39, 0.29) is 0 Å². The maximum absolute atomic E-state index is 10.4. The highest BCUT2D eigenvalue weighted by Crippen LogP contribution is 2.33. The smallest absolute Gasteiger partial charge is 0.154 e. The predicted octanol–water partition coefficient (Wildman–Crippen LogP) is 2.43. The largest absolute Gasteiger partial charge is 0.497 e. The maximum Gasteiger partial charge on any atom is 0.154 e. The second-order valence-corrected chi connectivity index (χ2v) is 5.28. The van der Waals surface area contributed by atoms with Crippen molar-refractivity contribution in [2.45, 2.75) is 6.10 Å². The summed E-state index contributed by atoms with van der Waals surface area (Å²) in [5, 5.41) is 18.1. The van der Waals surface area contributed by atoms with Gasteiger partial charge in [-0.3, -0.25) is 0 Å². The van der Waals surface area contributed by atoms with Crippen molar-refractivity contribution < 1.29 is 9.84 Å². The molecule has 2 rings (SSSR count). The number of aliphatic hydroxyl groups excluding tert-OH is 1. The van der Waals surface area contributed by atoms with Crippen molar-refractivity contribution in [1.29, 1.82) is 0 Å². The molecule has 1 unspecified atom stereocenters. The van der Waals surface area contributed by atoms with Gasteiger partial charge in [0.1, 0.15) is 17.5 Å². The van der Waals surface area contributed by atoms with E-state index in [1.807, 2.05) is 12.1 Å². The standard InChI is InChI=1S/C11H11Br2N3O2/c1-16-9(11(13)14-15-16)10(17)7-5-6(18-2)3-4-8(7)12/h3-5,10,17H,1-2H3. The van der Waals surface area contributed by atoms with Crippen LogP contribution in [-0.4, -0.2) is 27.2 Å². The molecule has 2 aromatic rings. The van der Waals surface area contributed by atoms with Crippen molar-refractivity contribution in [2.24, 2.45) is 7.05 Å². The van der Waals surface area contributed by atoms with Gasteiger partial charge in [0, 0.05) is 17.1 Å². The van der Waals surface area contributed by atoms with Crippen LogP contribution >= 0.6 is 31.9 Å². The molecule has 0 saturated carbocycles. The third-order valence-electron chi connectivity index (χ3n) is 2.58. The highest BCUT2D eigenvalue weighted by Gasteiger charge is 2.22. The van der Waals surface area contributed by atoms with Crippen LogP contribution in [0.4, 0.5) is 0 Å². The van der Waals surface area contributed by atoms with Crippen LogP contribution in [0.2, 0.25) is 0 Å². The first-order valence-corrected chi connectivity index (χ1v) is 6.69. The molecule has 0 saturated heterocycles. The summed E-state index contributed by atoms with van der Waals surface area (Å²) in [6.45, 7) is 0. The average molecular weight is 377 g/mol. The van der Waals surface area contributed by atoms with Gasteiger partial charge in [0.25, 0.3) is 0 Å². The van der Waals surface area contributed by atoms with Gasteiger partial charge in [-0.05, 0) is 34.1 Å². The molecule has 0 radical (unpaired) electrons. The van der Waals surface area contributed by atoms with Gasteiger partial charge in [-0.1, -0.05) is 21.1 Å². The van der Waals surface area contributed by atoms with Gasteiger partial charge >= 0.3 is 0 Å². The molecule has 0 aliphatic rings. The summed E-state index contributed by atoms with van der Waals surface area (Å²) in [5.41, 5.74) is 1.28. The molecule has 1 aromatic heterocycles. The number of rotatable bonds is 3. The molecule has 0 bridgehead atoms. The molecule has 1 heterocycles. The van der Waals surface area contributed by atoms with Crippen molar-refractivity contribution >= 4 is 31.9 Å². The summed E-state index contributed by atoms with van der Waals surface area (Å²) in [7, 11) is 3.31. The van der Waals surface area contributed by atoms with E-state index in [4.69, 9.17) is 4.74 Å². The highest BCUT2D eigenvalue weighted by atomic mass is 79.9. The zero-order chi connectivity index (χ0) is 13.3. The molecule has 1 N–H and O–H groups in total. The normalized spacial score (nSPS) is 12.5. The molecule has 0 aliphatic heterocycles. The number of nitrogens with zero attached hydrogens (tertiary/aromatic N) is 3. The van der Waals surface area contributed by atoms with E-state index in [1.54, 1.807) is 20.2 Å². The molecule has 0 fully saturated rings. The van der Waals surface area contributed by atoms with E-state index in [1.165, 1.54) is 4.68 Å². The Kier molecular flexibility index (Phi) is 4.04. The summed E-state index contributed by atoms with van der Waals surface area (Å²) in [6, 6.07) is 5.42. The highest BCUT2D eigenvalue weighted by molar-refractivity contribution is 9.10. The Morgan fingerprint density at radius 1 is 1.39 bits per heavy atom. The monoisotopic (exact) mass is 375 g/mol. The molecule has 0 amide bonds. The number of aryl methyl sites for hydroxylation is 1. The molecule has 18 heavy (non-hydrogen) atoms. The third kappa shape index (κ3) is 2.43. The lowest BCUT2D eigenvalue weighted by atomic mass is 10.1. The minimum Gasteiger partial charge on any atom is -0.497 e. The van der Waals surface area contributed by atoms with Gasteiger partial charge in [0.2, 0.25) is 0 Å². The minimum absolute atomic E-state index is 0.521. The van der Waals surface area contributed by atoms with Crippen molar-refractivity contribution in [2.75, 3.05) is 7.11 Å². The van der Waals surface area contributed by atoms with E-state index in [0.29, 0.717) is 21.6 Å². The number of halogens is 2. The fraction of sp³-hybridized carbons (Fsp3) is 0.273. The van der Waals surface area contributed by atoms with Crippen molar-refractivity contribution in [1.82, 2.24) is 15.0 Å². The van der Waals surface area contributed by atoms with E-state index >= 15 is 0 Å². The molecule has 0 spiro atoms. The Bertz CT molecular complexity index is 552. The maximum atomic E-state index is 10.4. The fourth-order valence-corrected chi connectivity index (χ4v) is 2.64. The first-order valence-electron chi connectivity index (χ1n) is 5.11. The molecule has 5 nitrogen and oxygen atoms in total. The number of hydrogen-bond acceptors (Lipinski definition) is 4. The number of benzene rings is 1. The van der Waals surface area contributed by atoms with Crippen LogP contribution in [0.15, 0.2) is 27.3 Å². The zero-order valence-electron chi connectivity index (χ0n) is 9.76. The first kappa shape index (κ1) is 13.5. The molecular formula is C11H11Br2N3O2. The number of methoxy groups -OCH3 is 1. The third-order valence-corrected chi connectivity index (χ3v) is 3.87. The summed E-state index contributed by atoms with van der Waals surface area (Å²) >= 11 is 6.69. The van der Waals surface area contributed by atoms with Crippen LogP contribution in [0.25, 0.3) is 0 Å². The molecular weight excluding hydrogens is 366 g/mol. The molecule has 1 atom stereocenters. The lowest BCUT2D eigenvalue weighted by Crippen LogP contribution is -2.08. The van der Waals surface area contributed by atoms with E-state index in [9.17, 15) is 5.11 Å². The van der Waals surface area contributed by atoms with Gasteiger partial charge < -0.3 is 9.84 Å². The van der Waals surface area contributed by atoms with Crippen LogP contribution in [0.1, 0.15) is 17.4 Å². The van der Waals surface area contributed by atoms with Crippen LogP contribution in [0, 0.1) is 0 Å². The first-order chi connectivity index (χ1) is 8.54. The molecule has 1 aromatic carbocycles. The average Bonchev–Trinajstić information content (AvgIpc) is 2.69. The quantitative estimate of drug-likeness (QED) is 0.893. The van der Waals surface area contributed by atoms with Gasteiger partial charge in [0.15, 0.2) is 4.60 Å².